The van der Waals surface area contributed by atoms with Gasteiger partial charge in [0.1, 0.15) is 0 Å². The van der Waals surface area contributed by atoms with Crippen LogP contribution < -0.4 is 0 Å². The van der Waals surface area contributed by atoms with Crippen molar-refractivity contribution in [1.29, 1.82) is 0 Å². The van der Waals surface area contributed by atoms with E-state index in [9.17, 15) is 4.79 Å². The molecule has 0 saturated heterocycles. The fourth-order valence-electron chi connectivity index (χ4n) is 1.09. The first-order chi connectivity index (χ1) is 7.20. The standard InChI is InChI=1S/C12H16N2O/c1-10(2)9-14-8-5-12(15)11-3-6-13-7-4-11/h3-4,6-8,10H,5,9H2,1-2H3. The molecule has 0 aliphatic heterocycles. The number of aliphatic imine (C=N–C) groups is 1. The van der Waals surface area contributed by atoms with Crippen LogP contribution in [0.5, 0.6) is 0 Å². The average Bonchev–Trinajstić information content (AvgIpc) is 2.25. The molecule has 0 aliphatic carbocycles. The maximum atomic E-state index is 11.6. The van der Waals surface area contributed by atoms with Gasteiger partial charge in [-0.1, -0.05) is 13.8 Å². The molecular formula is C12H16N2O. The Kier molecular flexibility index (Phi) is 4.68. The Bertz CT molecular complexity index is 331. The van der Waals surface area contributed by atoms with E-state index in [0.717, 1.165) is 6.54 Å². The molecule has 0 spiro atoms. The molecule has 3 heteroatoms. The van der Waals surface area contributed by atoms with Crippen molar-refractivity contribution in [2.24, 2.45) is 10.9 Å². The lowest BCUT2D eigenvalue weighted by molar-refractivity contribution is 0.100. The van der Waals surface area contributed by atoms with Gasteiger partial charge in [-0.15, -0.1) is 0 Å². The van der Waals surface area contributed by atoms with Gasteiger partial charge in [0.15, 0.2) is 5.78 Å². The zero-order chi connectivity index (χ0) is 11.1. The number of ketones is 1. The van der Waals surface area contributed by atoms with Crippen molar-refractivity contribution in [3.05, 3.63) is 30.1 Å². The van der Waals surface area contributed by atoms with Crippen molar-refractivity contribution < 1.29 is 4.79 Å². The van der Waals surface area contributed by atoms with Crippen LogP contribution in [0.15, 0.2) is 29.5 Å². The number of Topliss-reactive ketones (excluding diaryl/α,β-unsaturated/α-hetero) is 1. The summed E-state index contributed by atoms with van der Waals surface area (Å²) in [5, 5.41) is 0. The summed E-state index contributed by atoms with van der Waals surface area (Å²) in [4.78, 5) is 19.6. The quantitative estimate of drug-likeness (QED) is 0.546. The number of pyridine rings is 1. The van der Waals surface area contributed by atoms with Gasteiger partial charge in [0.2, 0.25) is 0 Å². The third kappa shape index (κ3) is 4.49. The Morgan fingerprint density at radius 1 is 1.47 bits per heavy atom. The van der Waals surface area contributed by atoms with Crippen LogP contribution in [0, 0.1) is 5.92 Å². The van der Waals surface area contributed by atoms with E-state index in [0.29, 0.717) is 17.9 Å². The first-order valence-electron chi connectivity index (χ1n) is 5.11. The third-order valence-corrected chi connectivity index (χ3v) is 1.88. The molecule has 0 aromatic carbocycles. The van der Waals surface area contributed by atoms with Crippen LogP contribution in [0.25, 0.3) is 0 Å². The third-order valence-electron chi connectivity index (χ3n) is 1.88. The van der Waals surface area contributed by atoms with Gasteiger partial charge in [-0.2, -0.15) is 0 Å². The number of carbonyl (C=O) groups is 1. The number of carbonyl (C=O) groups excluding carboxylic acids is 1. The number of hydrogen-bond donors (Lipinski definition) is 0. The predicted molar refractivity (Wildman–Crippen MR) is 61.4 cm³/mol. The highest BCUT2D eigenvalue weighted by Gasteiger charge is 2.02. The molecule has 0 fully saturated rings. The van der Waals surface area contributed by atoms with E-state index >= 15 is 0 Å². The van der Waals surface area contributed by atoms with Crippen LogP contribution in [0.3, 0.4) is 0 Å². The molecule has 1 heterocycles. The Balaban J connectivity index is 2.40. The molecule has 0 unspecified atom stereocenters. The summed E-state index contributed by atoms with van der Waals surface area (Å²) in [6.07, 6.45) is 5.32. The Hall–Kier alpha value is -1.51. The number of aromatic nitrogens is 1. The summed E-state index contributed by atoms with van der Waals surface area (Å²) in [5.41, 5.74) is 0.695. The largest absolute Gasteiger partial charge is 0.297 e. The van der Waals surface area contributed by atoms with Crippen LogP contribution in [0.4, 0.5) is 0 Å². The van der Waals surface area contributed by atoms with Crippen LogP contribution in [-0.2, 0) is 0 Å². The second-order valence-corrected chi connectivity index (χ2v) is 3.80. The van der Waals surface area contributed by atoms with Gasteiger partial charge in [-0.25, -0.2) is 0 Å². The maximum absolute atomic E-state index is 11.6. The molecule has 0 amide bonds. The summed E-state index contributed by atoms with van der Waals surface area (Å²) < 4.78 is 0. The van der Waals surface area contributed by atoms with Gasteiger partial charge >= 0.3 is 0 Å². The molecule has 80 valence electrons. The molecule has 1 rings (SSSR count). The van der Waals surface area contributed by atoms with Gasteiger partial charge in [-0.05, 0) is 18.1 Å². The highest BCUT2D eigenvalue weighted by atomic mass is 16.1. The number of nitrogens with zero attached hydrogens (tertiary/aromatic N) is 2. The van der Waals surface area contributed by atoms with Gasteiger partial charge in [-0.3, -0.25) is 14.8 Å². The second kappa shape index (κ2) is 6.06. The van der Waals surface area contributed by atoms with E-state index in [-0.39, 0.29) is 5.78 Å². The summed E-state index contributed by atoms with van der Waals surface area (Å²) in [6.45, 7) is 4.98. The van der Waals surface area contributed by atoms with E-state index < -0.39 is 0 Å². The Morgan fingerprint density at radius 3 is 2.73 bits per heavy atom. The van der Waals surface area contributed by atoms with Crippen molar-refractivity contribution in [2.45, 2.75) is 20.3 Å². The molecule has 0 aliphatic rings. The van der Waals surface area contributed by atoms with Crippen molar-refractivity contribution in [3.63, 3.8) is 0 Å². The smallest absolute Gasteiger partial charge is 0.168 e. The average molecular weight is 204 g/mol. The normalized spacial score (nSPS) is 11.1. The minimum atomic E-state index is 0.0879. The van der Waals surface area contributed by atoms with Crippen LogP contribution in [0.2, 0.25) is 0 Å². The van der Waals surface area contributed by atoms with Crippen molar-refractivity contribution in [1.82, 2.24) is 4.98 Å². The van der Waals surface area contributed by atoms with Crippen molar-refractivity contribution in [2.75, 3.05) is 6.54 Å². The monoisotopic (exact) mass is 204 g/mol. The summed E-state index contributed by atoms with van der Waals surface area (Å²) in [5.74, 6) is 0.627. The zero-order valence-corrected chi connectivity index (χ0v) is 9.18. The summed E-state index contributed by atoms with van der Waals surface area (Å²) in [6, 6.07) is 3.44. The van der Waals surface area contributed by atoms with Crippen molar-refractivity contribution >= 4 is 12.0 Å². The van der Waals surface area contributed by atoms with Gasteiger partial charge in [0, 0.05) is 37.1 Å². The fraction of sp³-hybridized carbons (Fsp3) is 0.417. The minimum absolute atomic E-state index is 0.0879. The van der Waals surface area contributed by atoms with E-state index in [2.05, 4.69) is 23.8 Å². The molecule has 1 aromatic rings. The van der Waals surface area contributed by atoms with E-state index in [1.165, 1.54) is 0 Å². The van der Waals surface area contributed by atoms with Gasteiger partial charge in [0.25, 0.3) is 0 Å². The van der Waals surface area contributed by atoms with E-state index in [1.807, 2.05) is 0 Å². The Morgan fingerprint density at radius 2 is 2.13 bits per heavy atom. The molecule has 0 atom stereocenters. The van der Waals surface area contributed by atoms with Crippen LogP contribution in [-0.4, -0.2) is 23.5 Å². The molecule has 15 heavy (non-hydrogen) atoms. The number of rotatable bonds is 5. The lowest BCUT2D eigenvalue weighted by atomic mass is 10.1. The first kappa shape index (κ1) is 11.6. The van der Waals surface area contributed by atoms with Crippen LogP contribution in [0.1, 0.15) is 30.6 Å². The highest BCUT2D eigenvalue weighted by molar-refractivity contribution is 6.03. The zero-order valence-electron chi connectivity index (χ0n) is 9.18. The first-order valence-corrected chi connectivity index (χ1v) is 5.11. The fourth-order valence-corrected chi connectivity index (χ4v) is 1.09. The molecule has 0 bridgehead atoms. The second-order valence-electron chi connectivity index (χ2n) is 3.80. The highest BCUT2D eigenvalue weighted by Crippen LogP contribution is 2.00. The molecule has 3 nitrogen and oxygen atoms in total. The lowest BCUT2D eigenvalue weighted by Crippen LogP contribution is -2.00. The summed E-state index contributed by atoms with van der Waals surface area (Å²) >= 11 is 0. The molecule has 0 N–H and O–H groups in total. The minimum Gasteiger partial charge on any atom is -0.297 e. The van der Waals surface area contributed by atoms with E-state index in [4.69, 9.17) is 0 Å². The Labute approximate surface area is 90.3 Å². The van der Waals surface area contributed by atoms with E-state index in [1.54, 1.807) is 30.7 Å². The molecule has 1 aromatic heterocycles. The molecule has 0 radical (unpaired) electrons. The van der Waals surface area contributed by atoms with Crippen molar-refractivity contribution in [3.8, 4) is 0 Å². The summed E-state index contributed by atoms with van der Waals surface area (Å²) in [7, 11) is 0. The lowest BCUT2D eigenvalue weighted by Gasteiger charge is -1.97. The van der Waals surface area contributed by atoms with Gasteiger partial charge in [0.05, 0.1) is 0 Å². The topological polar surface area (TPSA) is 42.3 Å². The SMILES string of the molecule is CC(C)CN=CCC(=O)c1ccncc1. The van der Waals surface area contributed by atoms with Gasteiger partial charge < -0.3 is 0 Å². The molecule has 0 saturated carbocycles. The van der Waals surface area contributed by atoms with Crippen LogP contribution >= 0.6 is 0 Å². The number of hydrogen-bond acceptors (Lipinski definition) is 3. The molecular weight excluding hydrogens is 188 g/mol. The maximum Gasteiger partial charge on any atom is 0.168 e. The predicted octanol–water partition coefficient (Wildman–Crippen LogP) is 2.38.